The number of likely N-dealkylation sites (tertiary alicyclic amines) is 1. The molecule has 27 heavy (non-hydrogen) atoms. The molecule has 136 valence electrons. The highest BCUT2D eigenvalue weighted by Crippen LogP contribution is 2.35. The first-order valence-corrected chi connectivity index (χ1v) is 9.85. The number of amides is 1. The lowest BCUT2D eigenvalue weighted by molar-refractivity contribution is -0.121. The van der Waals surface area contributed by atoms with Crippen LogP contribution in [0, 0.1) is 17.2 Å². The molecule has 3 aromatic rings. The molecule has 0 spiro atoms. The summed E-state index contributed by atoms with van der Waals surface area (Å²) in [6, 6.07) is 13.9. The van der Waals surface area contributed by atoms with E-state index in [2.05, 4.69) is 28.3 Å². The summed E-state index contributed by atoms with van der Waals surface area (Å²) in [6.45, 7) is 1.91. The lowest BCUT2D eigenvalue weighted by Gasteiger charge is -2.27. The summed E-state index contributed by atoms with van der Waals surface area (Å²) in [5.41, 5.74) is 1.69. The van der Waals surface area contributed by atoms with Gasteiger partial charge in [0.2, 0.25) is 5.91 Å². The Morgan fingerprint density at radius 3 is 2.70 bits per heavy atom. The maximum atomic E-state index is 12.5. The number of aromatic nitrogens is 1. The minimum atomic E-state index is 0.0595. The number of nitrogens with zero attached hydrogens (tertiary/aromatic N) is 3. The van der Waals surface area contributed by atoms with Crippen LogP contribution in [0.5, 0.6) is 0 Å². The smallest absolute Gasteiger partial charge is 0.229 e. The van der Waals surface area contributed by atoms with Crippen molar-refractivity contribution in [2.45, 2.75) is 12.8 Å². The molecule has 4 rings (SSSR count). The van der Waals surface area contributed by atoms with Crippen LogP contribution in [0.1, 0.15) is 18.4 Å². The normalized spacial score (nSPS) is 15.6. The van der Waals surface area contributed by atoms with E-state index in [4.69, 9.17) is 0 Å². The van der Waals surface area contributed by atoms with E-state index in [0.717, 1.165) is 47.1 Å². The highest BCUT2D eigenvalue weighted by molar-refractivity contribution is 7.19. The Balaban J connectivity index is 1.58. The summed E-state index contributed by atoms with van der Waals surface area (Å²) in [7, 11) is 2.09. The van der Waals surface area contributed by atoms with Gasteiger partial charge in [0, 0.05) is 23.1 Å². The molecule has 1 saturated heterocycles. The van der Waals surface area contributed by atoms with E-state index in [1.54, 1.807) is 6.20 Å². The zero-order valence-electron chi connectivity index (χ0n) is 15.1. The molecule has 1 aliphatic heterocycles. The molecule has 5 nitrogen and oxygen atoms in total. The zero-order valence-corrected chi connectivity index (χ0v) is 15.9. The van der Waals surface area contributed by atoms with E-state index in [1.807, 2.05) is 36.4 Å². The highest BCUT2D eigenvalue weighted by Gasteiger charge is 2.24. The van der Waals surface area contributed by atoms with Crippen molar-refractivity contribution in [1.82, 2.24) is 9.88 Å². The molecule has 0 bridgehead atoms. The Kier molecular flexibility index (Phi) is 4.88. The van der Waals surface area contributed by atoms with E-state index >= 15 is 0 Å². The van der Waals surface area contributed by atoms with Crippen LogP contribution in [0.25, 0.3) is 21.2 Å². The van der Waals surface area contributed by atoms with Crippen molar-refractivity contribution in [1.29, 1.82) is 5.26 Å². The van der Waals surface area contributed by atoms with Crippen molar-refractivity contribution in [3.63, 3.8) is 0 Å². The average molecular weight is 376 g/mol. The van der Waals surface area contributed by atoms with Gasteiger partial charge in [0.1, 0.15) is 0 Å². The standard InChI is InChI=1S/C21H20N4OS/c1-25-10-8-14(9-11-25)20(26)24-21-23-13-19(27-21)18-7-6-15(12-22)16-4-2-3-5-17(16)18/h2-7,13-14H,8-11H2,1H3,(H,23,24,26). The number of nitriles is 1. The van der Waals surface area contributed by atoms with Gasteiger partial charge in [-0.1, -0.05) is 41.7 Å². The third kappa shape index (κ3) is 3.57. The predicted octanol–water partition coefficient (Wildman–Crippen LogP) is 4.12. The molecule has 0 radical (unpaired) electrons. The Hall–Kier alpha value is -2.75. The Labute approximate surface area is 162 Å². The number of anilines is 1. The third-order valence-corrected chi connectivity index (χ3v) is 6.08. The van der Waals surface area contributed by atoms with Crippen LogP contribution in [-0.4, -0.2) is 35.9 Å². The van der Waals surface area contributed by atoms with Crippen LogP contribution in [-0.2, 0) is 4.79 Å². The summed E-state index contributed by atoms with van der Waals surface area (Å²) in [5.74, 6) is 0.123. The van der Waals surface area contributed by atoms with Crippen LogP contribution in [0.4, 0.5) is 5.13 Å². The van der Waals surface area contributed by atoms with E-state index < -0.39 is 0 Å². The second-order valence-corrected chi connectivity index (χ2v) is 7.95. The van der Waals surface area contributed by atoms with E-state index in [-0.39, 0.29) is 11.8 Å². The maximum absolute atomic E-state index is 12.5. The van der Waals surface area contributed by atoms with Crippen LogP contribution >= 0.6 is 11.3 Å². The van der Waals surface area contributed by atoms with Gasteiger partial charge in [-0.05, 0) is 44.4 Å². The highest BCUT2D eigenvalue weighted by atomic mass is 32.1. The second kappa shape index (κ2) is 7.47. The van der Waals surface area contributed by atoms with Gasteiger partial charge in [0.15, 0.2) is 5.13 Å². The second-order valence-electron chi connectivity index (χ2n) is 6.91. The van der Waals surface area contributed by atoms with Gasteiger partial charge in [-0.2, -0.15) is 5.26 Å². The summed E-state index contributed by atoms with van der Waals surface area (Å²) in [4.78, 5) is 20.2. The first kappa shape index (κ1) is 17.7. The van der Waals surface area contributed by atoms with Gasteiger partial charge in [0.05, 0.1) is 16.5 Å². The molecule has 1 N–H and O–H groups in total. The Morgan fingerprint density at radius 2 is 1.96 bits per heavy atom. The first-order valence-electron chi connectivity index (χ1n) is 9.03. The number of fused-ring (bicyclic) bond motifs is 1. The number of hydrogen-bond acceptors (Lipinski definition) is 5. The van der Waals surface area contributed by atoms with E-state index in [9.17, 15) is 10.1 Å². The van der Waals surface area contributed by atoms with Gasteiger partial charge >= 0.3 is 0 Å². The van der Waals surface area contributed by atoms with E-state index in [0.29, 0.717) is 10.7 Å². The topological polar surface area (TPSA) is 69.0 Å². The summed E-state index contributed by atoms with van der Waals surface area (Å²) < 4.78 is 0. The third-order valence-electron chi connectivity index (χ3n) is 5.14. The molecule has 0 aliphatic carbocycles. The molecule has 2 heterocycles. The Morgan fingerprint density at radius 1 is 1.22 bits per heavy atom. The molecule has 0 unspecified atom stereocenters. The SMILES string of the molecule is CN1CCC(C(=O)Nc2ncc(-c3ccc(C#N)c4ccccc34)s2)CC1. The van der Waals surface area contributed by atoms with Crippen LogP contribution < -0.4 is 5.32 Å². The zero-order chi connectivity index (χ0) is 18.8. The number of hydrogen-bond donors (Lipinski definition) is 1. The fourth-order valence-corrected chi connectivity index (χ4v) is 4.40. The van der Waals surface area contributed by atoms with Gasteiger partial charge in [-0.25, -0.2) is 4.98 Å². The lowest BCUT2D eigenvalue weighted by atomic mass is 9.96. The number of piperidine rings is 1. The fourth-order valence-electron chi connectivity index (χ4n) is 3.55. The van der Waals surface area contributed by atoms with Crippen molar-refractivity contribution < 1.29 is 4.79 Å². The molecular formula is C21H20N4OS. The minimum absolute atomic E-state index is 0.0595. The van der Waals surface area contributed by atoms with Gasteiger partial charge in [-0.3, -0.25) is 4.79 Å². The number of rotatable bonds is 3. The molecular weight excluding hydrogens is 356 g/mol. The molecule has 1 aromatic heterocycles. The van der Waals surface area contributed by atoms with Crippen molar-refractivity contribution in [2.24, 2.45) is 5.92 Å². The molecule has 1 fully saturated rings. The van der Waals surface area contributed by atoms with Gasteiger partial charge in [-0.15, -0.1) is 0 Å². The molecule has 1 aliphatic rings. The van der Waals surface area contributed by atoms with E-state index in [1.165, 1.54) is 11.3 Å². The number of carbonyl (C=O) groups is 1. The predicted molar refractivity (Wildman–Crippen MR) is 109 cm³/mol. The first-order chi connectivity index (χ1) is 13.2. The molecule has 2 aromatic carbocycles. The summed E-state index contributed by atoms with van der Waals surface area (Å²) in [5, 5.41) is 14.9. The van der Waals surface area contributed by atoms with Crippen LogP contribution in [0.2, 0.25) is 0 Å². The molecule has 0 atom stereocenters. The Bertz CT molecular complexity index is 1030. The largest absolute Gasteiger partial charge is 0.306 e. The van der Waals surface area contributed by atoms with Crippen molar-refractivity contribution >= 4 is 33.1 Å². The molecule has 1 amide bonds. The number of carbonyl (C=O) groups excluding carboxylic acids is 1. The van der Waals surface area contributed by atoms with Crippen molar-refractivity contribution in [2.75, 3.05) is 25.5 Å². The maximum Gasteiger partial charge on any atom is 0.229 e. The van der Waals surface area contributed by atoms with Gasteiger partial charge in [0.25, 0.3) is 0 Å². The summed E-state index contributed by atoms with van der Waals surface area (Å²) >= 11 is 1.47. The van der Waals surface area contributed by atoms with Crippen LogP contribution in [0.3, 0.4) is 0 Å². The quantitative estimate of drug-likeness (QED) is 0.747. The lowest BCUT2D eigenvalue weighted by Crippen LogP contribution is -2.35. The number of thiazole rings is 1. The van der Waals surface area contributed by atoms with Crippen LogP contribution in [0.15, 0.2) is 42.6 Å². The fraction of sp³-hybridized carbons (Fsp3) is 0.286. The minimum Gasteiger partial charge on any atom is -0.306 e. The molecule has 0 saturated carbocycles. The van der Waals surface area contributed by atoms with Crippen molar-refractivity contribution in [3.8, 4) is 16.5 Å². The van der Waals surface area contributed by atoms with Gasteiger partial charge < -0.3 is 10.2 Å². The monoisotopic (exact) mass is 376 g/mol. The summed E-state index contributed by atoms with van der Waals surface area (Å²) in [6.07, 6.45) is 3.57. The number of benzene rings is 2. The number of nitrogens with one attached hydrogen (secondary N) is 1. The molecule has 6 heteroatoms. The average Bonchev–Trinajstić information content (AvgIpc) is 3.15. The van der Waals surface area contributed by atoms with Crippen molar-refractivity contribution in [3.05, 3.63) is 48.2 Å².